The van der Waals surface area contributed by atoms with Gasteiger partial charge < -0.3 is 10.4 Å². The molecule has 2 N–H and O–H groups in total. The Kier molecular flexibility index (Phi) is 4.36. The molecule has 1 amide bonds. The van der Waals surface area contributed by atoms with Crippen molar-refractivity contribution in [1.82, 2.24) is 20.3 Å². The molecule has 0 radical (unpaired) electrons. The van der Waals surface area contributed by atoms with E-state index in [9.17, 15) is 9.59 Å². The number of benzene rings is 1. The van der Waals surface area contributed by atoms with Crippen LogP contribution in [0.25, 0.3) is 0 Å². The topological polar surface area (TPSA) is 97.1 Å². The zero-order valence-corrected chi connectivity index (χ0v) is 12.6. The second-order valence-electron chi connectivity index (χ2n) is 5.73. The number of rotatable bonds is 6. The van der Waals surface area contributed by atoms with Crippen molar-refractivity contribution in [2.45, 2.75) is 38.3 Å². The lowest BCUT2D eigenvalue weighted by Crippen LogP contribution is -2.23. The molecule has 23 heavy (non-hydrogen) atoms. The quantitative estimate of drug-likeness (QED) is 0.843. The molecule has 7 heteroatoms. The molecule has 1 aromatic heterocycles. The van der Waals surface area contributed by atoms with E-state index in [-0.39, 0.29) is 19.0 Å². The van der Waals surface area contributed by atoms with E-state index in [1.807, 2.05) is 24.3 Å². The third-order valence-electron chi connectivity index (χ3n) is 4.06. The van der Waals surface area contributed by atoms with Crippen LogP contribution in [0.1, 0.15) is 46.8 Å². The first-order valence-electron chi connectivity index (χ1n) is 7.61. The number of aromatic nitrogens is 3. The summed E-state index contributed by atoms with van der Waals surface area (Å²) in [7, 11) is 0. The van der Waals surface area contributed by atoms with Crippen molar-refractivity contribution in [2.75, 3.05) is 0 Å². The van der Waals surface area contributed by atoms with Crippen LogP contribution in [-0.4, -0.2) is 32.0 Å². The van der Waals surface area contributed by atoms with Crippen LogP contribution < -0.4 is 5.32 Å². The number of carbonyl (C=O) groups is 2. The van der Waals surface area contributed by atoms with Crippen LogP contribution in [0.3, 0.4) is 0 Å². The third kappa shape index (κ3) is 3.74. The van der Waals surface area contributed by atoms with E-state index in [4.69, 9.17) is 5.11 Å². The van der Waals surface area contributed by atoms with Crippen molar-refractivity contribution < 1.29 is 14.7 Å². The predicted molar refractivity (Wildman–Crippen MR) is 81.9 cm³/mol. The van der Waals surface area contributed by atoms with Gasteiger partial charge in [0.1, 0.15) is 12.2 Å². The first kappa shape index (κ1) is 15.2. The number of aliphatic carboxylic acids is 1. The maximum atomic E-state index is 12.1. The first-order valence-corrected chi connectivity index (χ1v) is 7.61. The highest BCUT2D eigenvalue weighted by Gasteiger charge is 2.19. The van der Waals surface area contributed by atoms with Crippen LogP contribution in [0, 0.1) is 0 Å². The Hall–Kier alpha value is -2.70. The summed E-state index contributed by atoms with van der Waals surface area (Å²) < 4.78 is 1.22. The van der Waals surface area contributed by atoms with Gasteiger partial charge in [-0.2, -0.15) is 0 Å². The smallest absolute Gasteiger partial charge is 0.325 e. The molecule has 0 aliphatic heterocycles. The average Bonchev–Trinajstić information content (AvgIpc) is 2.90. The predicted octanol–water partition coefficient (Wildman–Crippen LogP) is 1.56. The summed E-state index contributed by atoms with van der Waals surface area (Å²) in [5.74, 6) is -0.522. The fourth-order valence-corrected chi connectivity index (χ4v) is 2.56. The lowest BCUT2D eigenvalue weighted by molar-refractivity contribution is -0.137. The number of amides is 1. The Morgan fingerprint density at radius 2 is 2.00 bits per heavy atom. The molecule has 0 atom stereocenters. The molecule has 1 aliphatic rings. The second kappa shape index (κ2) is 6.60. The zero-order valence-electron chi connectivity index (χ0n) is 12.6. The van der Waals surface area contributed by atoms with Crippen LogP contribution in [0.4, 0.5) is 0 Å². The van der Waals surface area contributed by atoms with Crippen molar-refractivity contribution in [3.8, 4) is 0 Å². The number of carboxylic acid groups (broad SMARTS) is 1. The Balaban J connectivity index is 1.54. The zero-order chi connectivity index (χ0) is 16.2. The van der Waals surface area contributed by atoms with Crippen molar-refractivity contribution in [3.63, 3.8) is 0 Å². The molecule has 120 valence electrons. The molecular formula is C16H18N4O3. The summed E-state index contributed by atoms with van der Waals surface area (Å²) in [6, 6.07) is 7.71. The van der Waals surface area contributed by atoms with Gasteiger partial charge in [-0.1, -0.05) is 23.8 Å². The minimum absolute atomic E-state index is 0.182. The van der Waals surface area contributed by atoms with Crippen molar-refractivity contribution in [3.05, 3.63) is 47.3 Å². The molecule has 2 aromatic rings. The largest absolute Gasteiger partial charge is 0.480 e. The van der Waals surface area contributed by atoms with E-state index >= 15 is 0 Å². The van der Waals surface area contributed by atoms with Gasteiger partial charge in [0.2, 0.25) is 0 Å². The van der Waals surface area contributed by atoms with E-state index in [0.29, 0.717) is 17.2 Å². The van der Waals surface area contributed by atoms with Crippen molar-refractivity contribution in [1.29, 1.82) is 0 Å². The first-order chi connectivity index (χ1) is 11.1. The molecule has 3 rings (SSSR count). The summed E-state index contributed by atoms with van der Waals surface area (Å²) in [5.41, 5.74) is 2.42. The van der Waals surface area contributed by atoms with Crippen LogP contribution in [0.2, 0.25) is 0 Å². The number of nitrogens with zero attached hydrogens (tertiary/aromatic N) is 3. The molecule has 1 fully saturated rings. The summed E-state index contributed by atoms with van der Waals surface area (Å²) >= 11 is 0. The van der Waals surface area contributed by atoms with Crippen molar-refractivity contribution in [2.24, 2.45) is 0 Å². The SMILES string of the molecule is O=C(O)Cn1cc(CNC(=O)c2ccc(C3CCC3)cc2)nn1. The fourth-order valence-electron chi connectivity index (χ4n) is 2.56. The molecule has 1 saturated carbocycles. The second-order valence-corrected chi connectivity index (χ2v) is 5.73. The highest BCUT2D eigenvalue weighted by atomic mass is 16.4. The molecule has 1 aromatic carbocycles. The van der Waals surface area contributed by atoms with Crippen LogP contribution in [0.5, 0.6) is 0 Å². The fraction of sp³-hybridized carbons (Fsp3) is 0.375. The van der Waals surface area contributed by atoms with E-state index < -0.39 is 5.97 Å². The molecule has 0 unspecified atom stereocenters. The molecular weight excluding hydrogens is 296 g/mol. The van der Waals surface area contributed by atoms with Gasteiger partial charge in [-0.15, -0.1) is 5.10 Å². The van der Waals surface area contributed by atoms with Gasteiger partial charge in [0.15, 0.2) is 0 Å². The number of hydrogen-bond acceptors (Lipinski definition) is 4. The Labute approximate surface area is 133 Å². The maximum absolute atomic E-state index is 12.1. The molecule has 0 bridgehead atoms. The number of carboxylic acids is 1. The molecule has 0 saturated heterocycles. The van der Waals surface area contributed by atoms with E-state index in [1.54, 1.807) is 0 Å². The number of nitrogens with one attached hydrogen (secondary N) is 1. The van der Waals surface area contributed by atoms with Crippen LogP contribution >= 0.6 is 0 Å². The minimum atomic E-state index is -0.989. The molecule has 1 heterocycles. The summed E-state index contributed by atoms with van der Waals surface area (Å²) in [4.78, 5) is 22.7. The van der Waals surface area contributed by atoms with E-state index in [2.05, 4.69) is 15.6 Å². The van der Waals surface area contributed by atoms with Gasteiger partial charge in [-0.05, 0) is 36.5 Å². The Morgan fingerprint density at radius 1 is 1.26 bits per heavy atom. The monoisotopic (exact) mass is 314 g/mol. The van der Waals surface area contributed by atoms with Gasteiger partial charge in [0.25, 0.3) is 5.91 Å². The highest BCUT2D eigenvalue weighted by Crippen LogP contribution is 2.36. The summed E-state index contributed by atoms with van der Waals surface area (Å²) in [6.45, 7) is -0.0353. The van der Waals surface area contributed by atoms with E-state index in [1.165, 1.54) is 35.7 Å². The van der Waals surface area contributed by atoms with Crippen LogP contribution in [-0.2, 0) is 17.9 Å². The lowest BCUT2D eigenvalue weighted by atomic mass is 9.80. The van der Waals surface area contributed by atoms with E-state index in [0.717, 1.165) is 0 Å². The highest BCUT2D eigenvalue weighted by molar-refractivity contribution is 5.94. The third-order valence-corrected chi connectivity index (χ3v) is 4.06. The van der Waals surface area contributed by atoms with Gasteiger partial charge in [-0.3, -0.25) is 9.59 Å². The normalized spacial score (nSPS) is 14.3. The Bertz CT molecular complexity index is 704. The minimum Gasteiger partial charge on any atom is -0.480 e. The van der Waals surface area contributed by atoms with Gasteiger partial charge >= 0.3 is 5.97 Å². The lowest BCUT2D eigenvalue weighted by Gasteiger charge is -2.25. The van der Waals surface area contributed by atoms with Crippen molar-refractivity contribution >= 4 is 11.9 Å². The molecule has 7 nitrogen and oxygen atoms in total. The van der Waals surface area contributed by atoms with Gasteiger partial charge in [-0.25, -0.2) is 4.68 Å². The number of hydrogen-bond donors (Lipinski definition) is 2. The Morgan fingerprint density at radius 3 is 2.61 bits per heavy atom. The number of carbonyl (C=O) groups excluding carboxylic acids is 1. The summed E-state index contributed by atoms with van der Waals surface area (Å²) in [6.07, 6.45) is 5.26. The molecule has 0 spiro atoms. The van der Waals surface area contributed by atoms with Crippen LogP contribution in [0.15, 0.2) is 30.5 Å². The maximum Gasteiger partial charge on any atom is 0.325 e. The van der Waals surface area contributed by atoms with Gasteiger partial charge in [0.05, 0.1) is 12.7 Å². The summed E-state index contributed by atoms with van der Waals surface area (Å²) in [5, 5.41) is 18.9. The molecule has 1 aliphatic carbocycles. The average molecular weight is 314 g/mol. The standard InChI is InChI=1S/C16H18N4O3/c21-15(22)10-20-9-14(18-19-20)8-17-16(23)13-6-4-12(5-7-13)11-2-1-3-11/h4-7,9,11H,1-3,8,10H2,(H,17,23)(H,21,22). The van der Waals surface area contributed by atoms with Gasteiger partial charge in [0, 0.05) is 5.56 Å².